The second-order valence-corrected chi connectivity index (χ2v) is 4.83. The second-order valence-electron chi connectivity index (χ2n) is 4.83. The predicted molar refractivity (Wildman–Crippen MR) is 75.0 cm³/mol. The van der Waals surface area contributed by atoms with E-state index < -0.39 is 0 Å². The van der Waals surface area contributed by atoms with E-state index in [1.165, 1.54) is 22.2 Å². The fraction of sp³-hybridized carbons (Fsp3) is 0.429. The van der Waals surface area contributed by atoms with Gasteiger partial charge < -0.3 is 14.6 Å². The first-order valence-corrected chi connectivity index (χ1v) is 6.41. The second kappa shape index (κ2) is 4.48. The van der Waals surface area contributed by atoms with Gasteiger partial charge in [0, 0.05) is 24.0 Å². The molecule has 0 atom stereocenters. The van der Waals surface area contributed by atoms with E-state index in [1.807, 2.05) is 0 Å². The fourth-order valence-corrected chi connectivity index (χ4v) is 3.22. The van der Waals surface area contributed by atoms with E-state index in [-0.39, 0.29) is 12.4 Å². The molecule has 0 bridgehead atoms. The number of rotatable bonds is 0. The van der Waals surface area contributed by atoms with Crippen LogP contribution in [-0.4, -0.2) is 24.3 Å². The van der Waals surface area contributed by atoms with E-state index in [4.69, 9.17) is 4.74 Å². The van der Waals surface area contributed by atoms with Crippen LogP contribution in [0.4, 0.5) is 0 Å². The van der Waals surface area contributed by atoms with Crippen LogP contribution in [0.1, 0.15) is 11.3 Å². The van der Waals surface area contributed by atoms with Crippen molar-refractivity contribution < 1.29 is 4.74 Å². The molecule has 2 aromatic rings. The molecule has 0 unspecified atom stereocenters. The molecule has 3 nitrogen and oxygen atoms in total. The van der Waals surface area contributed by atoms with Crippen molar-refractivity contribution in [1.82, 2.24) is 9.88 Å². The molecule has 1 aromatic heterocycles. The highest BCUT2D eigenvalue weighted by Crippen LogP contribution is 2.36. The highest BCUT2D eigenvalue weighted by Gasteiger charge is 2.23. The number of para-hydroxylation sites is 1. The molecule has 4 heteroatoms. The Bertz CT molecular complexity index is 591. The molecule has 0 spiro atoms. The van der Waals surface area contributed by atoms with Gasteiger partial charge in [0.05, 0.1) is 12.1 Å². The van der Waals surface area contributed by atoms with Crippen LogP contribution in [-0.2, 0) is 19.4 Å². The van der Waals surface area contributed by atoms with E-state index in [9.17, 15) is 0 Å². The van der Waals surface area contributed by atoms with Gasteiger partial charge in [-0.05, 0) is 24.6 Å². The number of benzene rings is 1. The Labute approximate surface area is 113 Å². The zero-order valence-corrected chi connectivity index (χ0v) is 11.1. The maximum Gasteiger partial charge on any atom is 0.143 e. The zero-order valence-electron chi connectivity index (χ0n) is 10.2. The topological polar surface area (TPSA) is 26.2 Å². The molecule has 2 aliphatic heterocycles. The lowest BCUT2D eigenvalue weighted by Gasteiger charge is -2.18. The van der Waals surface area contributed by atoms with Gasteiger partial charge in [0.2, 0.25) is 0 Å². The summed E-state index contributed by atoms with van der Waals surface area (Å²) in [5.74, 6) is 1.06. The molecule has 4 rings (SSSR count). The van der Waals surface area contributed by atoms with Gasteiger partial charge >= 0.3 is 0 Å². The molecule has 0 radical (unpaired) electrons. The Morgan fingerprint density at radius 2 is 2.06 bits per heavy atom. The molecule has 0 saturated heterocycles. The zero-order chi connectivity index (χ0) is 11.2. The van der Waals surface area contributed by atoms with Gasteiger partial charge in [-0.15, -0.1) is 12.4 Å². The molecule has 0 amide bonds. The van der Waals surface area contributed by atoms with E-state index in [1.54, 1.807) is 0 Å². The van der Waals surface area contributed by atoms with Gasteiger partial charge in [-0.1, -0.05) is 12.1 Å². The first-order valence-electron chi connectivity index (χ1n) is 6.41. The first-order chi connectivity index (χ1) is 8.45. The molecule has 18 heavy (non-hydrogen) atoms. The quantitative estimate of drug-likeness (QED) is 0.789. The summed E-state index contributed by atoms with van der Waals surface area (Å²) in [5, 5.41) is 4.89. The van der Waals surface area contributed by atoms with Gasteiger partial charge in [-0.25, -0.2) is 0 Å². The highest BCUT2D eigenvalue weighted by atomic mass is 35.5. The summed E-state index contributed by atoms with van der Waals surface area (Å²) < 4.78 is 8.25. The maximum absolute atomic E-state index is 5.77. The van der Waals surface area contributed by atoms with Crippen LogP contribution >= 0.6 is 12.4 Å². The highest BCUT2D eigenvalue weighted by molar-refractivity contribution is 5.91. The van der Waals surface area contributed by atoms with Crippen molar-refractivity contribution in [2.24, 2.45) is 0 Å². The van der Waals surface area contributed by atoms with Crippen LogP contribution in [0.3, 0.4) is 0 Å². The van der Waals surface area contributed by atoms with E-state index in [0.29, 0.717) is 0 Å². The number of hydrogen-bond donors (Lipinski definition) is 1. The molecule has 0 aliphatic carbocycles. The molecule has 1 aromatic carbocycles. The van der Waals surface area contributed by atoms with Gasteiger partial charge in [-0.3, -0.25) is 0 Å². The molecule has 96 valence electrons. The number of ether oxygens (including phenoxy) is 1. The lowest BCUT2D eigenvalue weighted by molar-refractivity contribution is 0.285. The first kappa shape index (κ1) is 11.9. The molecule has 3 heterocycles. The summed E-state index contributed by atoms with van der Waals surface area (Å²) in [4.78, 5) is 0. The van der Waals surface area contributed by atoms with Gasteiger partial charge in [0.15, 0.2) is 0 Å². The Hall–Kier alpha value is -1.19. The summed E-state index contributed by atoms with van der Waals surface area (Å²) in [6.07, 6.45) is 2.28. The van der Waals surface area contributed by atoms with Crippen molar-refractivity contribution in [2.75, 3.05) is 19.7 Å². The van der Waals surface area contributed by atoms with Crippen LogP contribution in [0.15, 0.2) is 18.2 Å². The smallest absolute Gasteiger partial charge is 0.143 e. The maximum atomic E-state index is 5.77. The minimum atomic E-state index is 0. The number of nitrogens with zero attached hydrogens (tertiary/aromatic N) is 1. The summed E-state index contributed by atoms with van der Waals surface area (Å²) in [7, 11) is 0. The molecular weight excluding hydrogens is 248 g/mol. The molecular formula is C14H17ClN2O. The lowest BCUT2D eigenvalue weighted by Crippen LogP contribution is -2.19. The Kier molecular flexibility index (Phi) is 2.96. The Morgan fingerprint density at radius 3 is 3.00 bits per heavy atom. The minimum absolute atomic E-state index is 0. The van der Waals surface area contributed by atoms with E-state index in [2.05, 4.69) is 28.1 Å². The standard InChI is InChI=1S/C14H16N2O.ClH/c1-2-11-10-4-6-15-7-5-12(10)16-8-9-17-13(3-1)14(11)16;/h1-3,15H,4-9H2;1H. The summed E-state index contributed by atoms with van der Waals surface area (Å²) in [5.41, 5.74) is 4.39. The van der Waals surface area contributed by atoms with Crippen LogP contribution in [0.2, 0.25) is 0 Å². The third-order valence-electron chi connectivity index (χ3n) is 3.93. The third kappa shape index (κ3) is 1.54. The normalized spacial score (nSPS) is 17.6. The van der Waals surface area contributed by atoms with Gasteiger partial charge in [0.25, 0.3) is 0 Å². The van der Waals surface area contributed by atoms with Crippen molar-refractivity contribution in [3.8, 4) is 5.75 Å². The average Bonchev–Trinajstić information content (AvgIpc) is 2.55. The predicted octanol–water partition coefficient (Wildman–Crippen LogP) is 2.14. The number of aromatic nitrogens is 1. The molecule has 0 fully saturated rings. The minimum Gasteiger partial charge on any atom is -0.490 e. The average molecular weight is 265 g/mol. The third-order valence-corrected chi connectivity index (χ3v) is 3.93. The number of fused-ring (bicyclic) bond motifs is 3. The fourth-order valence-electron chi connectivity index (χ4n) is 3.22. The lowest BCUT2D eigenvalue weighted by atomic mass is 10.1. The molecule has 2 aliphatic rings. The number of nitrogens with one attached hydrogen (secondary N) is 1. The van der Waals surface area contributed by atoms with Crippen molar-refractivity contribution in [2.45, 2.75) is 19.4 Å². The molecule has 0 saturated carbocycles. The number of hydrogen-bond acceptors (Lipinski definition) is 2. The Morgan fingerprint density at radius 1 is 1.17 bits per heavy atom. The SMILES string of the molecule is Cl.c1cc2c3c(c1)c1c(n3CCO2)CCNCC1. The summed E-state index contributed by atoms with van der Waals surface area (Å²) in [6.45, 7) is 4.00. The van der Waals surface area contributed by atoms with Gasteiger partial charge in [-0.2, -0.15) is 0 Å². The van der Waals surface area contributed by atoms with E-state index in [0.717, 1.165) is 44.8 Å². The number of halogens is 1. The largest absolute Gasteiger partial charge is 0.490 e. The van der Waals surface area contributed by atoms with Crippen molar-refractivity contribution in [3.63, 3.8) is 0 Å². The van der Waals surface area contributed by atoms with Gasteiger partial charge in [0.1, 0.15) is 12.4 Å². The van der Waals surface area contributed by atoms with Crippen LogP contribution in [0.5, 0.6) is 5.75 Å². The summed E-state index contributed by atoms with van der Waals surface area (Å²) in [6, 6.07) is 6.45. The molecule has 1 N–H and O–H groups in total. The Balaban J connectivity index is 0.000001000. The van der Waals surface area contributed by atoms with Crippen LogP contribution < -0.4 is 10.1 Å². The van der Waals surface area contributed by atoms with Crippen molar-refractivity contribution >= 4 is 23.3 Å². The van der Waals surface area contributed by atoms with Crippen LogP contribution in [0, 0.1) is 0 Å². The van der Waals surface area contributed by atoms with Crippen molar-refractivity contribution in [1.29, 1.82) is 0 Å². The summed E-state index contributed by atoms with van der Waals surface area (Å²) >= 11 is 0. The van der Waals surface area contributed by atoms with Crippen molar-refractivity contribution in [3.05, 3.63) is 29.5 Å². The monoisotopic (exact) mass is 264 g/mol. The van der Waals surface area contributed by atoms with Crippen LogP contribution in [0.25, 0.3) is 10.9 Å². The van der Waals surface area contributed by atoms with E-state index >= 15 is 0 Å².